The van der Waals surface area contributed by atoms with Crippen LogP contribution in [-0.4, -0.2) is 23.5 Å². The third-order valence-corrected chi connectivity index (χ3v) is 3.56. The van der Waals surface area contributed by atoms with Crippen LogP contribution in [-0.2, 0) is 9.59 Å². The zero-order chi connectivity index (χ0) is 12.6. The van der Waals surface area contributed by atoms with Crippen molar-refractivity contribution in [2.24, 2.45) is 5.92 Å². The van der Waals surface area contributed by atoms with Gasteiger partial charge in [0.15, 0.2) is 0 Å². The number of carboxylic acids is 1. The van der Waals surface area contributed by atoms with Gasteiger partial charge in [0.25, 0.3) is 0 Å². The fraction of sp³-hybridized carbons (Fsp3) is 0.273. The molecule has 0 saturated carbocycles. The van der Waals surface area contributed by atoms with Crippen molar-refractivity contribution >= 4 is 40.2 Å². The van der Waals surface area contributed by atoms with Gasteiger partial charge in [0.2, 0.25) is 5.91 Å². The van der Waals surface area contributed by atoms with Crippen molar-refractivity contribution in [2.75, 3.05) is 11.4 Å². The standard InChI is InChI=1S/C11H9FINO3/c12-8-4-7(1-2-9(8)13)14-5-6(11(16)17)3-10(14)15/h1-2,4,6H,3,5H2,(H,16,17). The van der Waals surface area contributed by atoms with Gasteiger partial charge in [0.05, 0.1) is 5.92 Å². The average Bonchev–Trinajstić information content (AvgIpc) is 2.65. The maximum absolute atomic E-state index is 13.4. The molecular formula is C11H9FINO3. The van der Waals surface area contributed by atoms with E-state index in [2.05, 4.69) is 0 Å². The quantitative estimate of drug-likeness (QED) is 0.830. The van der Waals surface area contributed by atoms with Crippen molar-refractivity contribution in [3.05, 3.63) is 27.6 Å². The van der Waals surface area contributed by atoms with Gasteiger partial charge in [-0.1, -0.05) is 0 Å². The van der Waals surface area contributed by atoms with E-state index in [-0.39, 0.29) is 18.9 Å². The van der Waals surface area contributed by atoms with Crippen LogP contribution in [0.2, 0.25) is 0 Å². The third-order valence-electron chi connectivity index (χ3n) is 2.69. The lowest BCUT2D eigenvalue weighted by molar-refractivity contribution is -0.141. The van der Waals surface area contributed by atoms with Crippen molar-refractivity contribution in [3.8, 4) is 0 Å². The molecular weight excluding hydrogens is 340 g/mol. The Hall–Kier alpha value is -1.18. The molecule has 0 bridgehead atoms. The van der Waals surface area contributed by atoms with Gasteiger partial charge in [0, 0.05) is 22.2 Å². The van der Waals surface area contributed by atoms with Crippen molar-refractivity contribution < 1.29 is 19.1 Å². The summed E-state index contributed by atoms with van der Waals surface area (Å²) in [5, 5.41) is 8.84. The van der Waals surface area contributed by atoms with E-state index in [4.69, 9.17) is 5.11 Å². The first kappa shape index (κ1) is 12.3. The van der Waals surface area contributed by atoms with Gasteiger partial charge in [-0.25, -0.2) is 4.39 Å². The second-order valence-electron chi connectivity index (χ2n) is 3.84. The van der Waals surface area contributed by atoms with E-state index in [0.717, 1.165) is 0 Å². The number of carbonyl (C=O) groups is 2. The van der Waals surface area contributed by atoms with E-state index in [1.165, 1.54) is 11.0 Å². The molecule has 1 aromatic rings. The topological polar surface area (TPSA) is 57.6 Å². The van der Waals surface area contributed by atoms with Crippen LogP contribution >= 0.6 is 22.6 Å². The predicted octanol–water partition coefficient (Wildman–Crippen LogP) is 1.87. The van der Waals surface area contributed by atoms with Gasteiger partial charge < -0.3 is 10.0 Å². The molecule has 0 aliphatic carbocycles. The highest BCUT2D eigenvalue weighted by molar-refractivity contribution is 14.1. The van der Waals surface area contributed by atoms with E-state index in [1.807, 2.05) is 22.6 Å². The Morgan fingerprint density at radius 2 is 2.24 bits per heavy atom. The maximum Gasteiger partial charge on any atom is 0.308 e. The molecule has 6 heteroatoms. The van der Waals surface area contributed by atoms with E-state index < -0.39 is 17.7 Å². The zero-order valence-electron chi connectivity index (χ0n) is 8.69. The largest absolute Gasteiger partial charge is 0.481 e. The Balaban J connectivity index is 2.26. The molecule has 1 saturated heterocycles. The Morgan fingerprint density at radius 1 is 1.53 bits per heavy atom. The SMILES string of the molecule is O=C(O)C1CC(=O)N(c2ccc(I)c(F)c2)C1. The molecule has 1 unspecified atom stereocenters. The maximum atomic E-state index is 13.4. The molecule has 1 N–H and O–H groups in total. The molecule has 1 amide bonds. The number of hydrogen-bond acceptors (Lipinski definition) is 2. The fourth-order valence-electron chi connectivity index (χ4n) is 1.78. The molecule has 0 aromatic heterocycles. The van der Waals surface area contributed by atoms with Crippen molar-refractivity contribution in [1.29, 1.82) is 0 Å². The summed E-state index contributed by atoms with van der Waals surface area (Å²) in [6.45, 7) is 0.105. The molecule has 4 nitrogen and oxygen atoms in total. The molecule has 90 valence electrons. The average molecular weight is 349 g/mol. The van der Waals surface area contributed by atoms with Gasteiger partial charge >= 0.3 is 5.97 Å². The highest BCUT2D eigenvalue weighted by atomic mass is 127. The fourth-order valence-corrected chi connectivity index (χ4v) is 2.11. The van der Waals surface area contributed by atoms with Crippen molar-refractivity contribution in [2.45, 2.75) is 6.42 Å². The number of hydrogen-bond donors (Lipinski definition) is 1. The van der Waals surface area contributed by atoms with Crippen LogP contribution in [0, 0.1) is 15.3 Å². The lowest BCUT2D eigenvalue weighted by Crippen LogP contribution is -2.25. The summed E-state index contributed by atoms with van der Waals surface area (Å²) in [5.74, 6) is -2.38. The van der Waals surface area contributed by atoms with Crippen LogP contribution in [0.1, 0.15) is 6.42 Å². The van der Waals surface area contributed by atoms with E-state index in [1.54, 1.807) is 12.1 Å². The molecule has 1 aromatic carbocycles. The summed E-state index contributed by atoms with van der Waals surface area (Å²) in [5.41, 5.74) is 0.414. The van der Waals surface area contributed by atoms with Gasteiger partial charge in [0.1, 0.15) is 5.82 Å². The number of carboxylic acid groups (broad SMARTS) is 1. The van der Waals surface area contributed by atoms with Crippen LogP contribution in [0.25, 0.3) is 0 Å². The monoisotopic (exact) mass is 349 g/mol. The molecule has 0 radical (unpaired) electrons. The van der Waals surface area contributed by atoms with Crippen LogP contribution in [0.15, 0.2) is 18.2 Å². The summed E-state index contributed by atoms with van der Waals surface area (Å²) in [6, 6.07) is 4.43. The minimum absolute atomic E-state index is 0.0249. The minimum Gasteiger partial charge on any atom is -0.481 e. The van der Waals surface area contributed by atoms with E-state index in [0.29, 0.717) is 9.26 Å². The highest BCUT2D eigenvalue weighted by Gasteiger charge is 2.35. The Morgan fingerprint density at radius 3 is 2.76 bits per heavy atom. The second-order valence-corrected chi connectivity index (χ2v) is 5.00. The van der Waals surface area contributed by atoms with Crippen LogP contribution in [0.3, 0.4) is 0 Å². The molecule has 1 aliphatic rings. The smallest absolute Gasteiger partial charge is 0.308 e. The van der Waals surface area contributed by atoms with E-state index in [9.17, 15) is 14.0 Å². The number of rotatable bonds is 2. The van der Waals surface area contributed by atoms with Crippen LogP contribution in [0.4, 0.5) is 10.1 Å². The molecule has 1 atom stereocenters. The number of halogens is 2. The molecule has 2 rings (SSSR count). The summed E-state index contributed by atoms with van der Waals surface area (Å²) in [4.78, 5) is 23.7. The van der Waals surface area contributed by atoms with Crippen LogP contribution in [0.5, 0.6) is 0 Å². The summed E-state index contributed by atoms with van der Waals surface area (Å²) in [6.07, 6.45) is -0.0249. The Bertz CT molecular complexity index is 492. The molecule has 1 aliphatic heterocycles. The zero-order valence-corrected chi connectivity index (χ0v) is 10.8. The van der Waals surface area contributed by atoms with E-state index >= 15 is 0 Å². The van der Waals surface area contributed by atoms with Crippen molar-refractivity contribution in [3.63, 3.8) is 0 Å². The van der Waals surface area contributed by atoms with Gasteiger partial charge in [-0.15, -0.1) is 0 Å². The number of benzene rings is 1. The Kier molecular flexibility index (Phi) is 3.32. The number of amides is 1. The third kappa shape index (κ3) is 2.41. The molecule has 17 heavy (non-hydrogen) atoms. The first-order valence-electron chi connectivity index (χ1n) is 4.97. The molecule has 1 fully saturated rings. The van der Waals surface area contributed by atoms with Gasteiger partial charge in [-0.3, -0.25) is 9.59 Å². The predicted molar refractivity (Wildman–Crippen MR) is 67.2 cm³/mol. The molecule has 1 heterocycles. The van der Waals surface area contributed by atoms with Crippen LogP contribution < -0.4 is 4.90 Å². The summed E-state index contributed by atoms with van der Waals surface area (Å²) in [7, 11) is 0. The lowest BCUT2D eigenvalue weighted by Gasteiger charge is -2.16. The first-order chi connectivity index (χ1) is 7.99. The number of anilines is 1. The number of nitrogens with zero attached hydrogens (tertiary/aromatic N) is 1. The minimum atomic E-state index is -0.994. The normalized spacial score (nSPS) is 19.8. The summed E-state index contributed by atoms with van der Waals surface area (Å²) >= 11 is 1.85. The second kappa shape index (κ2) is 4.59. The Labute approximate surface area is 111 Å². The lowest BCUT2D eigenvalue weighted by atomic mass is 10.1. The summed E-state index contributed by atoms with van der Waals surface area (Å²) < 4.78 is 13.8. The first-order valence-corrected chi connectivity index (χ1v) is 6.05. The van der Waals surface area contributed by atoms with Gasteiger partial charge in [-0.2, -0.15) is 0 Å². The van der Waals surface area contributed by atoms with Crippen molar-refractivity contribution in [1.82, 2.24) is 0 Å². The number of aliphatic carboxylic acids is 1. The molecule has 0 spiro atoms. The highest BCUT2D eigenvalue weighted by Crippen LogP contribution is 2.27. The van der Waals surface area contributed by atoms with Gasteiger partial charge in [-0.05, 0) is 40.8 Å². The number of carbonyl (C=O) groups excluding carboxylic acids is 1.